The molecule has 0 saturated carbocycles. The maximum atomic E-state index is 5.05. The topological polar surface area (TPSA) is 38.9 Å². The van der Waals surface area contributed by atoms with Gasteiger partial charge in [0.25, 0.3) is 0 Å². The standard InChI is InChI=1S/C8H5BrN2O/c9-7-4-2-1-3-6(7)8-11-10-5-12-8/h1-5H. The van der Waals surface area contributed by atoms with E-state index in [-0.39, 0.29) is 0 Å². The SMILES string of the molecule is Brc1ccccc1-c1nnco1. The Balaban J connectivity index is 2.55. The van der Waals surface area contributed by atoms with Crippen molar-refractivity contribution in [1.82, 2.24) is 10.2 Å². The van der Waals surface area contributed by atoms with Crippen molar-refractivity contribution in [3.8, 4) is 11.5 Å². The number of halogens is 1. The van der Waals surface area contributed by atoms with Crippen LogP contribution in [0.5, 0.6) is 0 Å². The first-order chi connectivity index (χ1) is 5.88. The van der Waals surface area contributed by atoms with Crippen LogP contribution in [0.1, 0.15) is 0 Å². The van der Waals surface area contributed by atoms with Gasteiger partial charge in [-0.1, -0.05) is 12.1 Å². The van der Waals surface area contributed by atoms with E-state index in [0.29, 0.717) is 5.89 Å². The lowest BCUT2D eigenvalue weighted by atomic mass is 10.2. The fourth-order valence-corrected chi connectivity index (χ4v) is 1.38. The molecule has 0 spiro atoms. The van der Waals surface area contributed by atoms with Crippen molar-refractivity contribution >= 4 is 15.9 Å². The molecule has 0 aliphatic carbocycles. The van der Waals surface area contributed by atoms with Crippen LogP contribution in [-0.2, 0) is 0 Å². The number of benzene rings is 1. The van der Waals surface area contributed by atoms with Gasteiger partial charge < -0.3 is 4.42 Å². The van der Waals surface area contributed by atoms with Crippen LogP contribution in [0.4, 0.5) is 0 Å². The minimum Gasteiger partial charge on any atom is -0.423 e. The molecular weight excluding hydrogens is 220 g/mol. The summed E-state index contributed by atoms with van der Waals surface area (Å²) in [5.74, 6) is 0.530. The van der Waals surface area contributed by atoms with Crippen LogP contribution in [-0.4, -0.2) is 10.2 Å². The van der Waals surface area contributed by atoms with Crippen molar-refractivity contribution in [2.24, 2.45) is 0 Å². The van der Waals surface area contributed by atoms with E-state index in [2.05, 4.69) is 26.1 Å². The van der Waals surface area contributed by atoms with Crippen LogP contribution in [0, 0.1) is 0 Å². The van der Waals surface area contributed by atoms with E-state index in [4.69, 9.17) is 4.42 Å². The van der Waals surface area contributed by atoms with Gasteiger partial charge in [0.15, 0.2) is 0 Å². The summed E-state index contributed by atoms with van der Waals surface area (Å²) in [6, 6.07) is 7.70. The highest BCUT2D eigenvalue weighted by atomic mass is 79.9. The van der Waals surface area contributed by atoms with Gasteiger partial charge in [-0.3, -0.25) is 0 Å². The Morgan fingerprint density at radius 2 is 2.08 bits per heavy atom. The second-order valence-electron chi connectivity index (χ2n) is 2.22. The first-order valence-corrected chi connectivity index (χ1v) is 4.18. The van der Waals surface area contributed by atoms with E-state index >= 15 is 0 Å². The highest BCUT2D eigenvalue weighted by Crippen LogP contribution is 2.25. The van der Waals surface area contributed by atoms with E-state index in [1.807, 2.05) is 24.3 Å². The Morgan fingerprint density at radius 1 is 1.25 bits per heavy atom. The largest absolute Gasteiger partial charge is 0.423 e. The van der Waals surface area contributed by atoms with Gasteiger partial charge in [0.1, 0.15) is 0 Å². The van der Waals surface area contributed by atoms with Gasteiger partial charge >= 0.3 is 0 Å². The first kappa shape index (κ1) is 7.49. The Kier molecular flexibility index (Phi) is 1.91. The van der Waals surface area contributed by atoms with Crippen LogP contribution < -0.4 is 0 Å². The summed E-state index contributed by atoms with van der Waals surface area (Å²) < 4.78 is 6.00. The van der Waals surface area contributed by atoms with Crippen LogP contribution in [0.2, 0.25) is 0 Å². The molecule has 0 N–H and O–H groups in total. The van der Waals surface area contributed by atoms with E-state index in [9.17, 15) is 0 Å². The van der Waals surface area contributed by atoms with Gasteiger partial charge in [0, 0.05) is 4.47 Å². The average Bonchev–Trinajstić information content (AvgIpc) is 2.57. The average molecular weight is 225 g/mol. The molecule has 3 nitrogen and oxygen atoms in total. The summed E-state index contributed by atoms with van der Waals surface area (Å²) in [6.45, 7) is 0. The fraction of sp³-hybridized carbons (Fsp3) is 0. The zero-order chi connectivity index (χ0) is 8.39. The van der Waals surface area contributed by atoms with Crippen LogP contribution in [0.25, 0.3) is 11.5 Å². The summed E-state index contributed by atoms with van der Waals surface area (Å²) in [5, 5.41) is 7.40. The number of aromatic nitrogens is 2. The zero-order valence-corrected chi connectivity index (χ0v) is 7.65. The molecule has 4 heteroatoms. The Morgan fingerprint density at radius 3 is 2.75 bits per heavy atom. The maximum Gasteiger partial charge on any atom is 0.248 e. The molecule has 1 aromatic carbocycles. The van der Waals surface area contributed by atoms with Crippen molar-refractivity contribution in [1.29, 1.82) is 0 Å². The molecule has 1 heterocycles. The molecule has 0 fully saturated rings. The lowest BCUT2D eigenvalue weighted by Gasteiger charge is -1.95. The van der Waals surface area contributed by atoms with Gasteiger partial charge in [-0.05, 0) is 28.1 Å². The molecule has 12 heavy (non-hydrogen) atoms. The Hall–Kier alpha value is -1.16. The Labute approximate surface area is 77.6 Å². The molecule has 0 amide bonds. The zero-order valence-electron chi connectivity index (χ0n) is 6.07. The van der Waals surface area contributed by atoms with Gasteiger partial charge in [0.2, 0.25) is 12.3 Å². The van der Waals surface area contributed by atoms with Crippen LogP contribution in [0.15, 0.2) is 39.5 Å². The van der Waals surface area contributed by atoms with Crippen molar-refractivity contribution in [3.05, 3.63) is 35.1 Å². The van der Waals surface area contributed by atoms with E-state index in [1.54, 1.807) is 0 Å². The maximum absolute atomic E-state index is 5.05. The monoisotopic (exact) mass is 224 g/mol. The smallest absolute Gasteiger partial charge is 0.248 e. The summed E-state index contributed by atoms with van der Waals surface area (Å²) >= 11 is 3.39. The fourth-order valence-electron chi connectivity index (χ4n) is 0.925. The molecule has 0 aliphatic rings. The molecule has 2 rings (SSSR count). The van der Waals surface area contributed by atoms with Gasteiger partial charge in [0.05, 0.1) is 5.56 Å². The quantitative estimate of drug-likeness (QED) is 0.748. The second kappa shape index (κ2) is 3.06. The molecule has 1 aromatic heterocycles. The molecule has 0 bridgehead atoms. The number of hydrogen-bond acceptors (Lipinski definition) is 3. The predicted octanol–water partition coefficient (Wildman–Crippen LogP) is 2.50. The lowest BCUT2D eigenvalue weighted by molar-refractivity contribution is 0.568. The Bertz CT molecular complexity index is 372. The number of rotatable bonds is 1. The minimum atomic E-state index is 0.530. The predicted molar refractivity (Wildman–Crippen MR) is 47.4 cm³/mol. The van der Waals surface area contributed by atoms with Crippen molar-refractivity contribution in [2.75, 3.05) is 0 Å². The third kappa shape index (κ3) is 1.25. The highest BCUT2D eigenvalue weighted by molar-refractivity contribution is 9.10. The third-order valence-corrected chi connectivity index (χ3v) is 2.16. The highest BCUT2D eigenvalue weighted by Gasteiger charge is 2.05. The summed E-state index contributed by atoms with van der Waals surface area (Å²) in [6.07, 6.45) is 1.31. The summed E-state index contributed by atoms with van der Waals surface area (Å²) in [4.78, 5) is 0. The molecule has 2 aromatic rings. The second-order valence-corrected chi connectivity index (χ2v) is 3.08. The minimum absolute atomic E-state index is 0.530. The van der Waals surface area contributed by atoms with E-state index in [0.717, 1.165) is 10.0 Å². The molecule has 0 unspecified atom stereocenters. The molecular formula is C8H5BrN2O. The normalized spacial score (nSPS) is 10.1. The molecule has 0 aliphatic heterocycles. The van der Waals surface area contributed by atoms with Crippen molar-refractivity contribution < 1.29 is 4.42 Å². The van der Waals surface area contributed by atoms with Gasteiger partial charge in [-0.2, -0.15) is 0 Å². The van der Waals surface area contributed by atoms with Gasteiger partial charge in [-0.25, -0.2) is 0 Å². The van der Waals surface area contributed by atoms with Crippen molar-refractivity contribution in [2.45, 2.75) is 0 Å². The van der Waals surface area contributed by atoms with Crippen LogP contribution in [0.3, 0.4) is 0 Å². The third-order valence-electron chi connectivity index (χ3n) is 1.46. The number of hydrogen-bond donors (Lipinski definition) is 0. The van der Waals surface area contributed by atoms with E-state index in [1.165, 1.54) is 6.39 Å². The first-order valence-electron chi connectivity index (χ1n) is 3.39. The van der Waals surface area contributed by atoms with Gasteiger partial charge in [-0.15, -0.1) is 10.2 Å². The number of nitrogens with zero attached hydrogens (tertiary/aromatic N) is 2. The molecule has 60 valence electrons. The van der Waals surface area contributed by atoms with E-state index < -0.39 is 0 Å². The molecule has 0 radical (unpaired) electrons. The molecule has 0 saturated heterocycles. The van der Waals surface area contributed by atoms with Crippen molar-refractivity contribution in [3.63, 3.8) is 0 Å². The lowest BCUT2D eigenvalue weighted by Crippen LogP contribution is -1.78. The van der Waals surface area contributed by atoms with Crippen LogP contribution >= 0.6 is 15.9 Å². The summed E-state index contributed by atoms with van der Waals surface area (Å²) in [7, 11) is 0. The molecule has 0 atom stereocenters. The summed E-state index contributed by atoms with van der Waals surface area (Å²) in [5.41, 5.74) is 0.912.